The molecule has 3 saturated heterocycles. The van der Waals surface area contributed by atoms with E-state index in [2.05, 4.69) is 29.2 Å². The number of Topliss-reactive ketones (excluding diaryl/α,β-unsaturated/α-hetero) is 1. The van der Waals surface area contributed by atoms with Crippen LogP contribution in [0.1, 0.15) is 24.8 Å². The lowest BCUT2D eigenvalue weighted by Gasteiger charge is -2.51. The van der Waals surface area contributed by atoms with Gasteiger partial charge in [-0.25, -0.2) is 0 Å². The second kappa shape index (κ2) is 5.51. The number of carbonyl (C=O) groups excluding carboxylic acids is 2. The lowest BCUT2D eigenvalue weighted by Crippen LogP contribution is -2.62. The van der Waals surface area contributed by atoms with E-state index in [0.717, 1.165) is 26.1 Å². The fourth-order valence-corrected chi connectivity index (χ4v) is 4.45. The molecule has 1 amide bonds. The minimum atomic E-state index is 0.131. The molecule has 3 fully saturated rings. The molecule has 3 aliphatic rings. The lowest BCUT2D eigenvalue weighted by atomic mass is 9.75. The van der Waals surface area contributed by atoms with Crippen LogP contribution < -0.4 is 0 Å². The first-order chi connectivity index (χ1) is 10.7. The van der Waals surface area contributed by atoms with Crippen molar-refractivity contribution in [1.29, 1.82) is 0 Å². The zero-order chi connectivity index (χ0) is 15.1. The van der Waals surface area contributed by atoms with E-state index in [1.807, 2.05) is 11.0 Å². The van der Waals surface area contributed by atoms with Gasteiger partial charge in [0.15, 0.2) is 0 Å². The molecule has 4 rings (SSSR count). The normalized spacial score (nSPS) is 32.0. The van der Waals surface area contributed by atoms with Crippen LogP contribution in [0.3, 0.4) is 0 Å². The first-order valence-corrected chi connectivity index (χ1v) is 8.29. The van der Waals surface area contributed by atoms with E-state index in [0.29, 0.717) is 31.1 Å². The highest BCUT2D eigenvalue weighted by Gasteiger charge is 2.47. The fraction of sp³-hybridized carbons (Fsp3) is 0.556. The van der Waals surface area contributed by atoms with Crippen molar-refractivity contribution in [2.45, 2.75) is 31.8 Å². The highest BCUT2D eigenvalue weighted by molar-refractivity contribution is 5.86. The molecular formula is C18H22N2O2. The highest BCUT2D eigenvalue weighted by atomic mass is 16.2. The van der Waals surface area contributed by atoms with Crippen LogP contribution >= 0.6 is 0 Å². The zero-order valence-electron chi connectivity index (χ0n) is 12.8. The van der Waals surface area contributed by atoms with Gasteiger partial charge in [-0.3, -0.25) is 14.5 Å². The predicted molar refractivity (Wildman–Crippen MR) is 83.1 cm³/mol. The van der Waals surface area contributed by atoms with Gasteiger partial charge in [-0.2, -0.15) is 0 Å². The van der Waals surface area contributed by atoms with Crippen LogP contribution in [0.2, 0.25) is 0 Å². The van der Waals surface area contributed by atoms with E-state index in [4.69, 9.17) is 0 Å². The summed E-state index contributed by atoms with van der Waals surface area (Å²) >= 11 is 0. The predicted octanol–water partition coefficient (Wildman–Crippen LogP) is 1.70. The lowest BCUT2D eigenvalue weighted by molar-refractivity contribution is -0.154. The van der Waals surface area contributed by atoms with Gasteiger partial charge in [-0.05, 0) is 17.9 Å². The number of hydrogen-bond donors (Lipinski definition) is 0. The van der Waals surface area contributed by atoms with E-state index >= 15 is 0 Å². The van der Waals surface area contributed by atoms with Crippen molar-refractivity contribution < 1.29 is 9.59 Å². The van der Waals surface area contributed by atoms with Crippen molar-refractivity contribution in [3.8, 4) is 0 Å². The summed E-state index contributed by atoms with van der Waals surface area (Å²) in [5.74, 6) is 1.20. The Kier molecular flexibility index (Phi) is 3.49. The summed E-state index contributed by atoms with van der Waals surface area (Å²) in [4.78, 5) is 28.9. The maximum Gasteiger partial charge on any atom is 0.227 e. The van der Waals surface area contributed by atoms with Gasteiger partial charge in [0.1, 0.15) is 5.78 Å². The van der Waals surface area contributed by atoms with E-state index in [9.17, 15) is 9.59 Å². The number of piperidine rings is 3. The van der Waals surface area contributed by atoms with Crippen LogP contribution in [-0.2, 0) is 16.1 Å². The number of carbonyl (C=O) groups is 2. The van der Waals surface area contributed by atoms with Crippen LogP contribution in [0.4, 0.5) is 0 Å². The molecule has 22 heavy (non-hydrogen) atoms. The smallest absolute Gasteiger partial charge is 0.227 e. The second-order valence-electron chi connectivity index (χ2n) is 6.96. The summed E-state index contributed by atoms with van der Waals surface area (Å²) in [5.41, 5.74) is 1.30. The summed E-state index contributed by atoms with van der Waals surface area (Å²) in [6.07, 6.45) is 2.09. The van der Waals surface area contributed by atoms with Crippen LogP contribution in [0.15, 0.2) is 30.3 Å². The molecule has 0 unspecified atom stereocenters. The first kappa shape index (κ1) is 13.9. The Bertz CT molecular complexity index is 586. The van der Waals surface area contributed by atoms with Crippen molar-refractivity contribution in [2.24, 2.45) is 11.8 Å². The number of hydrogen-bond acceptors (Lipinski definition) is 3. The number of benzene rings is 1. The second-order valence-corrected chi connectivity index (χ2v) is 6.96. The summed E-state index contributed by atoms with van der Waals surface area (Å²) in [6.45, 7) is 3.42. The van der Waals surface area contributed by atoms with Crippen molar-refractivity contribution in [3.63, 3.8) is 0 Å². The third-order valence-electron chi connectivity index (χ3n) is 5.45. The SMILES string of the molecule is O=C1CCN2C(=O)[C@@H]3C[C@@H](CN(Cc4ccccc4)C3)[C@@H]2C1. The molecule has 0 radical (unpaired) electrons. The van der Waals surface area contributed by atoms with Gasteiger partial charge in [0.25, 0.3) is 0 Å². The summed E-state index contributed by atoms with van der Waals surface area (Å²) in [7, 11) is 0. The Morgan fingerprint density at radius 1 is 1.09 bits per heavy atom. The molecule has 3 heterocycles. The monoisotopic (exact) mass is 298 g/mol. The average molecular weight is 298 g/mol. The number of ketones is 1. The summed E-state index contributed by atoms with van der Waals surface area (Å²) < 4.78 is 0. The summed E-state index contributed by atoms with van der Waals surface area (Å²) in [6, 6.07) is 10.6. The molecule has 4 nitrogen and oxygen atoms in total. The quantitative estimate of drug-likeness (QED) is 0.834. The van der Waals surface area contributed by atoms with Crippen LogP contribution in [-0.4, -0.2) is 47.2 Å². The van der Waals surface area contributed by atoms with Crippen LogP contribution in [0, 0.1) is 11.8 Å². The Balaban J connectivity index is 1.52. The Morgan fingerprint density at radius 2 is 1.91 bits per heavy atom. The molecule has 4 heteroatoms. The first-order valence-electron chi connectivity index (χ1n) is 8.29. The topological polar surface area (TPSA) is 40.6 Å². The molecule has 0 spiro atoms. The number of fused-ring (bicyclic) bond motifs is 4. The maximum absolute atomic E-state index is 12.7. The third kappa shape index (κ3) is 2.45. The van der Waals surface area contributed by atoms with E-state index in [1.165, 1.54) is 5.56 Å². The van der Waals surface area contributed by atoms with Crippen LogP contribution in [0.25, 0.3) is 0 Å². The number of amides is 1. The molecular weight excluding hydrogens is 276 g/mol. The van der Waals surface area contributed by atoms with Gasteiger partial charge < -0.3 is 4.90 Å². The summed E-state index contributed by atoms with van der Waals surface area (Å²) in [5, 5.41) is 0. The van der Waals surface area contributed by atoms with E-state index in [1.54, 1.807) is 0 Å². The molecule has 0 aliphatic carbocycles. The Morgan fingerprint density at radius 3 is 2.73 bits per heavy atom. The van der Waals surface area contributed by atoms with E-state index < -0.39 is 0 Å². The van der Waals surface area contributed by atoms with Gasteiger partial charge >= 0.3 is 0 Å². The zero-order valence-corrected chi connectivity index (χ0v) is 12.8. The Hall–Kier alpha value is -1.68. The average Bonchev–Trinajstić information content (AvgIpc) is 2.54. The molecule has 3 atom stereocenters. The highest BCUT2D eigenvalue weighted by Crippen LogP contribution is 2.37. The standard InChI is InChI=1S/C18H22N2O2/c21-16-6-7-20-17(9-16)14-8-15(18(20)22)12-19(11-14)10-13-4-2-1-3-5-13/h1-5,14-15,17H,6-12H2/t14-,15+,17-/m0/s1. The molecule has 0 N–H and O–H groups in total. The van der Waals surface area contributed by atoms with Gasteiger partial charge in [-0.15, -0.1) is 0 Å². The molecule has 0 saturated carbocycles. The molecule has 3 aliphatic heterocycles. The molecule has 1 aromatic rings. The van der Waals surface area contributed by atoms with Crippen molar-refractivity contribution >= 4 is 11.7 Å². The van der Waals surface area contributed by atoms with Gasteiger partial charge in [0, 0.05) is 45.1 Å². The maximum atomic E-state index is 12.7. The minimum Gasteiger partial charge on any atom is -0.338 e. The molecule has 116 valence electrons. The van der Waals surface area contributed by atoms with E-state index in [-0.39, 0.29) is 17.9 Å². The Labute approximate surface area is 131 Å². The molecule has 2 bridgehead atoms. The van der Waals surface area contributed by atoms with Crippen molar-refractivity contribution in [1.82, 2.24) is 9.80 Å². The largest absolute Gasteiger partial charge is 0.338 e. The van der Waals surface area contributed by atoms with Gasteiger partial charge in [-0.1, -0.05) is 30.3 Å². The number of nitrogens with zero attached hydrogens (tertiary/aromatic N) is 2. The molecule has 0 aromatic heterocycles. The van der Waals surface area contributed by atoms with Crippen molar-refractivity contribution in [2.75, 3.05) is 19.6 Å². The number of rotatable bonds is 2. The van der Waals surface area contributed by atoms with Gasteiger partial charge in [0.2, 0.25) is 5.91 Å². The van der Waals surface area contributed by atoms with Gasteiger partial charge in [0.05, 0.1) is 5.92 Å². The van der Waals surface area contributed by atoms with Crippen LogP contribution in [0.5, 0.6) is 0 Å². The third-order valence-corrected chi connectivity index (χ3v) is 5.45. The van der Waals surface area contributed by atoms with Crippen molar-refractivity contribution in [3.05, 3.63) is 35.9 Å². The molecule has 1 aromatic carbocycles. The minimum absolute atomic E-state index is 0.131. The number of likely N-dealkylation sites (tertiary alicyclic amines) is 1. The fourth-order valence-electron chi connectivity index (χ4n) is 4.45.